The zero-order valence-electron chi connectivity index (χ0n) is 16.8. The number of hydrogen-bond donors (Lipinski definition) is 1. The molecule has 0 heterocycles. The van der Waals surface area contributed by atoms with E-state index in [4.69, 9.17) is 9.47 Å². The first-order chi connectivity index (χ1) is 13.2. The quantitative estimate of drug-likeness (QED) is 0.729. The molecule has 2 rings (SSSR count). The van der Waals surface area contributed by atoms with Crippen molar-refractivity contribution in [2.24, 2.45) is 0 Å². The van der Waals surface area contributed by atoms with E-state index in [1.807, 2.05) is 32.0 Å². The van der Waals surface area contributed by atoms with Gasteiger partial charge < -0.3 is 14.8 Å². The van der Waals surface area contributed by atoms with Crippen LogP contribution in [0.4, 0.5) is 5.69 Å². The second-order valence-electron chi connectivity index (χ2n) is 6.29. The van der Waals surface area contributed by atoms with Crippen LogP contribution in [0.15, 0.2) is 41.3 Å². The predicted octanol–water partition coefficient (Wildman–Crippen LogP) is 2.83. The topological polar surface area (TPSA) is 84.9 Å². The lowest BCUT2D eigenvalue weighted by atomic mass is 10.1. The number of para-hydroxylation sites is 1. The lowest BCUT2D eigenvalue weighted by Gasteiger charge is -2.20. The molecule has 0 unspecified atom stereocenters. The van der Waals surface area contributed by atoms with Gasteiger partial charge in [-0.15, -0.1) is 0 Å². The molecule has 7 nitrogen and oxygen atoms in total. The van der Waals surface area contributed by atoms with Gasteiger partial charge >= 0.3 is 0 Å². The molecule has 0 fully saturated rings. The number of aryl methyl sites for hydroxylation is 2. The van der Waals surface area contributed by atoms with E-state index in [2.05, 4.69) is 5.32 Å². The van der Waals surface area contributed by atoms with Gasteiger partial charge in [0.15, 0.2) is 0 Å². The first-order valence-electron chi connectivity index (χ1n) is 8.81. The summed E-state index contributed by atoms with van der Waals surface area (Å²) in [6.07, 6.45) is 0.756. The maximum absolute atomic E-state index is 13.0. The van der Waals surface area contributed by atoms with Crippen LogP contribution in [0.1, 0.15) is 18.1 Å². The van der Waals surface area contributed by atoms with Gasteiger partial charge in [0.25, 0.3) is 0 Å². The summed E-state index contributed by atoms with van der Waals surface area (Å²) in [6, 6.07) is 10.3. The van der Waals surface area contributed by atoms with E-state index < -0.39 is 15.9 Å². The fourth-order valence-electron chi connectivity index (χ4n) is 2.82. The highest BCUT2D eigenvalue weighted by atomic mass is 32.2. The Morgan fingerprint density at radius 1 is 1.14 bits per heavy atom. The molecule has 0 aliphatic rings. The van der Waals surface area contributed by atoms with Crippen molar-refractivity contribution in [3.63, 3.8) is 0 Å². The molecule has 152 valence electrons. The highest BCUT2D eigenvalue weighted by molar-refractivity contribution is 7.89. The average Bonchev–Trinajstić information content (AvgIpc) is 2.68. The Labute approximate surface area is 166 Å². The Morgan fingerprint density at radius 2 is 1.86 bits per heavy atom. The number of benzene rings is 2. The van der Waals surface area contributed by atoms with Crippen LogP contribution in [0.25, 0.3) is 0 Å². The third kappa shape index (κ3) is 4.63. The molecular formula is C20H26N2O5S. The van der Waals surface area contributed by atoms with Gasteiger partial charge in [0.2, 0.25) is 15.9 Å². The Hall–Kier alpha value is -2.58. The smallest absolute Gasteiger partial charge is 0.247 e. The first kappa shape index (κ1) is 21.7. The molecule has 28 heavy (non-hydrogen) atoms. The molecule has 0 aliphatic heterocycles. The fraction of sp³-hybridized carbons (Fsp3) is 0.350. The van der Waals surface area contributed by atoms with Crippen LogP contribution in [0.5, 0.6) is 11.5 Å². The zero-order chi connectivity index (χ0) is 20.9. The summed E-state index contributed by atoms with van der Waals surface area (Å²) in [5.74, 6) is 0.141. The van der Waals surface area contributed by atoms with Crippen molar-refractivity contribution in [2.75, 3.05) is 33.1 Å². The van der Waals surface area contributed by atoms with Gasteiger partial charge in [0.05, 0.1) is 20.8 Å². The van der Waals surface area contributed by atoms with E-state index >= 15 is 0 Å². The highest BCUT2D eigenvalue weighted by Gasteiger charge is 2.27. The van der Waals surface area contributed by atoms with Crippen molar-refractivity contribution >= 4 is 21.6 Å². The normalized spacial score (nSPS) is 11.4. The van der Waals surface area contributed by atoms with Crippen molar-refractivity contribution in [3.05, 3.63) is 47.5 Å². The molecule has 0 radical (unpaired) electrons. The Kier molecular flexibility index (Phi) is 7.04. The van der Waals surface area contributed by atoms with Crippen molar-refractivity contribution in [1.29, 1.82) is 0 Å². The van der Waals surface area contributed by atoms with E-state index in [0.29, 0.717) is 5.75 Å². The third-order valence-electron chi connectivity index (χ3n) is 4.43. The van der Waals surface area contributed by atoms with E-state index in [1.165, 1.54) is 33.4 Å². The van der Waals surface area contributed by atoms with Gasteiger partial charge in [-0.1, -0.05) is 25.1 Å². The molecule has 0 bridgehead atoms. The fourth-order valence-corrected chi connectivity index (χ4v) is 4.12. The molecule has 2 aromatic rings. The highest BCUT2D eigenvalue weighted by Crippen LogP contribution is 2.30. The van der Waals surface area contributed by atoms with Gasteiger partial charge in [-0.25, -0.2) is 8.42 Å². The van der Waals surface area contributed by atoms with Gasteiger partial charge in [0.1, 0.15) is 16.4 Å². The lowest BCUT2D eigenvalue weighted by molar-refractivity contribution is -0.116. The number of nitrogens with zero attached hydrogens (tertiary/aromatic N) is 1. The van der Waals surface area contributed by atoms with Gasteiger partial charge in [-0.2, -0.15) is 4.31 Å². The number of anilines is 1. The molecule has 1 N–H and O–H groups in total. The Balaban J connectivity index is 2.25. The number of carbonyl (C=O) groups is 1. The van der Waals surface area contributed by atoms with Crippen LogP contribution in [0.2, 0.25) is 0 Å². The molecule has 0 spiro atoms. The number of sulfonamides is 1. The van der Waals surface area contributed by atoms with Crippen LogP contribution < -0.4 is 14.8 Å². The van der Waals surface area contributed by atoms with Crippen molar-refractivity contribution in [2.45, 2.75) is 25.2 Å². The molecule has 0 aliphatic carbocycles. The zero-order valence-corrected chi connectivity index (χ0v) is 17.6. The predicted molar refractivity (Wildman–Crippen MR) is 109 cm³/mol. The monoisotopic (exact) mass is 406 g/mol. The SMILES string of the molecule is CCc1cccc(C)c1NC(=O)CN(C)S(=O)(=O)c1cc(OC)ccc1OC. The standard InChI is InChI=1S/C20H26N2O5S/c1-6-15-9-7-8-14(2)20(15)21-19(23)13-22(3)28(24,25)18-12-16(26-4)10-11-17(18)27-5/h7-12H,6,13H2,1-5H3,(H,21,23). The minimum Gasteiger partial charge on any atom is -0.497 e. The van der Waals surface area contributed by atoms with E-state index in [1.54, 1.807) is 6.07 Å². The summed E-state index contributed by atoms with van der Waals surface area (Å²) in [5.41, 5.74) is 2.64. The van der Waals surface area contributed by atoms with E-state index in [0.717, 1.165) is 27.5 Å². The number of carbonyl (C=O) groups excluding carboxylic acids is 1. The summed E-state index contributed by atoms with van der Waals surface area (Å²) < 4.78 is 37.2. The van der Waals surface area contributed by atoms with Crippen molar-refractivity contribution in [1.82, 2.24) is 4.31 Å². The molecule has 0 saturated heterocycles. The third-order valence-corrected chi connectivity index (χ3v) is 6.25. The number of amides is 1. The van der Waals surface area contributed by atoms with E-state index in [-0.39, 0.29) is 17.2 Å². The number of ether oxygens (including phenoxy) is 2. The molecule has 0 saturated carbocycles. The Morgan fingerprint density at radius 3 is 2.46 bits per heavy atom. The largest absolute Gasteiger partial charge is 0.497 e. The molecule has 2 aromatic carbocycles. The lowest BCUT2D eigenvalue weighted by Crippen LogP contribution is -2.35. The minimum atomic E-state index is -3.96. The second kappa shape index (κ2) is 9.07. The van der Waals surface area contributed by atoms with E-state index in [9.17, 15) is 13.2 Å². The summed E-state index contributed by atoms with van der Waals surface area (Å²) in [5, 5.41) is 2.83. The van der Waals surface area contributed by atoms with Crippen LogP contribution >= 0.6 is 0 Å². The van der Waals surface area contributed by atoms with Crippen molar-refractivity contribution < 1.29 is 22.7 Å². The minimum absolute atomic E-state index is 0.0604. The van der Waals surface area contributed by atoms with Crippen LogP contribution in [0.3, 0.4) is 0 Å². The second-order valence-corrected chi connectivity index (χ2v) is 8.30. The molecular weight excluding hydrogens is 380 g/mol. The van der Waals surface area contributed by atoms with Crippen LogP contribution in [-0.2, 0) is 21.2 Å². The van der Waals surface area contributed by atoms with Gasteiger partial charge in [0, 0.05) is 18.8 Å². The maximum atomic E-state index is 13.0. The molecule has 0 atom stereocenters. The summed E-state index contributed by atoms with van der Waals surface area (Å²) in [7, 11) is 0.228. The number of methoxy groups -OCH3 is 2. The summed E-state index contributed by atoms with van der Waals surface area (Å²) in [4.78, 5) is 12.5. The number of likely N-dealkylation sites (N-methyl/N-ethyl adjacent to an activating group) is 1. The number of hydrogen-bond acceptors (Lipinski definition) is 5. The van der Waals surface area contributed by atoms with Crippen LogP contribution in [-0.4, -0.2) is 46.4 Å². The van der Waals surface area contributed by atoms with Gasteiger partial charge in [-0.3, -0.25) is 4.79 Å². The summed E-state index contributed by atoms with van der Waals surface area (Å²) >= 11 is 0. The molecule has 8 heteroatoms. The summed E-state index contributed by atoms with van der Waals surface area (Å²) in [6.45, 7) is 3.56. The number of nitrogens with one attached hydrogen (secondary N) is 1. The maximum Gasteiger partial charge on any atom is 0.247 e. The number of rotatable bonds is 8. The van der Waals surface area contributed by atoms with Crippen LogP contribution in [0, 0.1) is 6.92 Å². The molecule has 1 amide bonds. The van der Waals surface area contributed by atoms with Crippen molar-refractivity contribution in [3.8, 4) is 11.5 Å². The first-order valence-corrected chi connectivity index (χ1v) is 10.2. The average molecular weight is 407 g/mol. The van der Waals surface area contributed by atoms with Gasteiger partial charge in [-0.05, 0) is 36.6 Å². The molecule has 0 aromatic heterocycles. The Bertz CT molecular complexity index is 957.